The second-order valence-corrected chi connectivity index (χ2v) is 10.5. The summed E-state index contributed by atoms with van der Waals surface area (Å²) in [4.78, 5) is 0. The van der Waals surface area contributed by atoms with Crippen LogP contribution in [0.15, 0.2) is 34.9 Å². The van der Waals surface area contributed by atoms with Gasteiger partial charge in [0.25, 0.3) is 0 Å². The Morgan fingerprint density at radius 1 is 1.03 bits per heavy atom. The fourth-order valence-electron chi connectivity index (χ4n) is 6.43. The Hall–Kier alpha value is -0.820. The first-order valence-corrected chi connectivity index (χ1v) is 13.2. The minimum atomic E-state index is -0.248. The highest BCUT2D eigenvalue weighted by atomic mass is 16.3. The van der Waals surface area contributed by atoms with Gasteiger partial charge >= 0.3 is 0 Å². The van der Waals surface area contributed by atoms with Gasteiger partial charge in [0.1, 0.15) is 0 Å². The zero-order chi connectivity index (χ0) is 22.1. The molecule has 1 heteroatoms. The Bertz CT molecular complexity index is 608. The maximum atomic E-state index is 10.3. The molecule has 0 aromatic carbocycles. The van der Waals surface area contributed by atoms with Gasteiger partial charge in [-0.1, -0.05) is 83.3 Å². The molecule has 1 nitrogen and oxygen atoms in total. The van der Waals surface area contributed by atoms with Crippen LogP contribution < -0.4 is 0 Å². The molecule has 0 heterocycles. The SMILES string of the molecule is C/C=C1\CC/C(=C/C=C2\CCCC3(C)C(CCCCC(C)C)CCC23)CC1O.CC. The average Bonchev–Trinajstić information content (AvgIpc) is 3.07. The lowest BCUT2D eigenvalue weighted by Crippen LogP contribution is -2.33. The molecule has 0 bridgehead atoms. The minimum Gasteiger partial charge on any atom is -0.388 e. The molecule has 0 aliphatic heterocycles. The van der Waals surface area contributed by atoms with Gasteiger partial charge in [0.05, 0.1) is 6.10 Å². The summed E-state index contributed by atoms with van der Waals surface area (Å²) in [6.45, 7) is 13.4. The van der Waals surface area contributed by atoms with E-state index in [0.29, 0.717) is 5.41 Å². The smallest absolute Gasteiger partial charge is 0.0787 e. The second kappa shape index (κ2) is 12.3. The number of allylic oxidation sites excluding steroid dienone is 4. The quantitative estimate of drug-likeness (QED) is 0.340. The number of rotatable bonds is 6. The summed E-state index contributed by atoms with van der Waals surface area (Å²) >= 11 is 0. The first kappa shape index (κ1) is 25.4. The Balaban J connectivity index is 0.00000155. The van der Waals surface area contributed by atoms with Crippen molar-refractivity contribution in [2.45, 2.75) is 125 Å². The van der Waals surface area contributed by atoms with Crippen molar-refractivity contribution in [2.24, 2.45) is 23.2 Å². The van der Waals surface area contributed by atoms with E-state index in [4.69, 9.17) is 0 Å². The molecule has 3 aliphatic rings. The summed E-state index contributed by atoms with van der Waals surface area (Å²) in [7, 11) is 0. The van der Waals surface area contributed by atoms with Crippen molar-refractivity contribution in [1.82, 2.24) is 0 Å². The normalized spacial score (nSPS) is 35.6. The van der Waals surface area contributed by atoms with E-state index in [1.54, 1.807) is 5.57 Å². The third-order valence-corrected chi connectivity index (χ3v) is 8.27. The average molecular weight is 415 g/mol. The molecule has 30 heavy (non-hydrogen) atoms. The van der Waals surface area contributed by atoms with Crippen molar-refractivity contribution in [2.75, 3.05) is 0 Å². The van der Waals surface area contributed by atoms with E-state index in [1.807, 2.05) is 13.8 Å². The molecule has 0 saturated heterocycles. The molecule has 3 saturated carbocycles. The molecule has 0 radical (unpaired) electrons. The van der Waals surface area contributed by atoms with Gasteiger partial charge in [-0.2, -0.15) is 0 Å². The zero-order valence-electron chi connectivity index (χ0n) is 21.0. The third-order valence-electron chi connectivity index (χ3n) is 8.27. The van der Waals surface area contributed by atoms with Crippen LogP contribution in [-0.4, -0.2) is 11.2 Å². The van der Waals surface area contributed by atoms with Crippen LogP contribution in [0.25, 0.3) is 0 Å². The van der Waals surface area contributed by atoms with E-state index < -0.39 is 0 Å². The van der Waals surface area contributed by atoms with E-state index in [-0.39, 0.29) is 6.10 Å². The maximum Gasteiger partial charge on any atom is 0.0787 e. The lowest BCUT2D eigenvalue weighted by atomic mass is 9.62. The van der Waals surface area contributed by atoms with Crippen LogP contribution in [0.3, 0.4) is 0 Å². The van der Waals surface area contributed by atoms with Crippen LogP contribution in [0, 0.1) is 23.2 Å². The van der Waals surface area contributed by atoms with Gasteiger partial charge in [-0.3, -0.25) is 0 Å². The standard InChI is InChI=1S/C27H44O.C2H6/c1-5-22-14-12-21(19-26(22)28)13-15-23-10-8-18-27(4)24(16-17-25(23)27)11-7-6-9-20(2)3;1-2/h5,13,15,20,24-26,28H,6-12,14,16-19H2,1-4H3;1-2H3/b21-13-,22-5+,23-15+;. The number of aliphatic hydroxyl groups is 1. The van der Waals surface area contributed by atoms with E-state index >= 15 is 0 Å². The van der Waals surface area contributed by atoms with E-state index in [9.17, 15) is 5.11 Å². The molecule has 0 spiro atoms. The zero-order valence-corrected chi connectivity index (χ0v) is 21.0. The van der Waals surface area contributed by atoms with E-state index in [0.717, 1.165) is 37.0 Å². The van der Waals surface area contributed by atoms with Crippen LogP contribution in [0.1, 0.15) is 119 Å². The van der Waals surface area contributed by atoms with Crippen molar-refractivity contribution >= 4 is 0 Å². The van der Waals surface area contributed by atoms with Gasteiger partial charge in [0.15, 0.2) is 0 Å². The predicted octanol–water partition coefficient (Wildman–Crippen LogP) is 8.79. The highest BCUT2D eigenvalue weighted by molar-refractivity contribution is 5.28. The van der Waals surface area contributed by atoms with Crippen molar-refractivity contribution in [3.63, 3.8) is 0 Å². The molecule has 4 atom stereocenters. The van der Waals surface area contributed by atoms with Gasteiger partial charge < -0.3 is 5.11 Å². The van der Waals surface area contributed by atoms with Crippen LogP contribution in [0.2, 0.25) is 0 Å². The molecule has 0 aromatic heterocycles. The van der Waals surface area contributed by atoms with Gasteiger partial charge in [-0.05, 0) is 93.5 Å². The lowest BCUT2D eigenvalue weighted by Gasteiger charge is -2.42. The van der Waals surface area contributed by atoms with Gasteiger partial charge in [0.2, 0.25) is 0 Å². The molecule has 1 N–H and O–H groups in total. The Labute approximate surface area is 188 Å². The van der Waals surface area contributed by atoms with E-state index in [1.165, 1.54) is 68.9 Å². The van der Waals surface area contributed by atoms with E-state index in [2.05, 4.69) is 45.9 Å². The van der Waals surface area contributed by atoms with Crippen molar-refractivity contribution in [1.29, 1.82) is 0 Å². The van der Waals surface area contributed by atoms with Crippen LogP contribution >= 0.6 is 0 Å². The summed E-state index contributed by atoms with van der Waals surface area (Å²) in [6.07, 6.45) is 22.4. The lowest BCUT2D eigenvalue weighted by molar-refractivity contribution is 0.127. The molecule has 3 fully saturated rings. The summed E-state index contributed by atoms with van der Waals surface area (Å²) in [5.41, 5.74) is 4.94. The Morgan fingerprint density at radius 3 is 2.47 bits per heavy atom. The fourth-order valence-corrected chi connectivity index (χ4v) is 6.43. The van der Waals surface area contributed by atoms with Gasteiger partial charge in [-0.25, -0.2) is 0 Å². The molecule has 172 valence electrons. The molecule has 0 aromatic rings. The maximum absolute atomic E-state index is 10.3. The van der Waals surface area contributed by atoms with Crippen molar-refractivity contribution in [3.05, 3.63) is 34.9 Å². The molecule has 0 amide bonds. The number of aliphatic hydroxyl groups excluding tert-OH is 1. The number of fused-ring (bicyclic) bond motifs is 1. The summed E-state index contributed by atoms with van der Waals surface area (Å²) in [5.74, 6) is 2.61. The Morgan fingerprint density at radius 2 is 1.80 bits per heavy atom. The van der Waals surface area contributed by atoms with Gasteiger partial charge in [0, 0.05) is 0 Å². The monoisotopic (exact) mass is 414 g/mol. The number of hydrogen-bond acceptors (Lipinski definition) is 1. The highest BCUT2D eigenvalue weighted by Crippen LogP contribution is 2.58. The molecular formula is C29H50O. The third kappa shape index (κ3) is 6.35. The van der Waals surface area contributed by atoms with Crippen molar-refractivity contribution in [3.8, 4) is 0 Å². The summed E-state index contributed by atoms with van der Waals surface area (Å²) in [6, 6.07) is 0. The first-order chi connectivity index (χ1) is 14.4. The minimum absolute atomic E-state index is 0.248. The molecule has 3 rings (SSSR count). The summed E-state index contributed by atoms with van der Waals surface area (Å²) < 4.78 is 0. The Kier molecular flexibility index (Phi) is 10.4. The van der Waals surface area contributed by atoms with Crippen molar-refractivity contribution < 1.29 is 5.11 Å². The van der Waals surface area contributed by atoms with Crippen LogP contribution in [0.4, 0.5) is 0 Å². The predicted molar refractivity (Wildman–Crippen MR) is 133 cm³/mol. The molecular weight excluding hydrogens is 364 g/mol. The number of unbranched alkanes of at least 4 members (excludes halogenated alkanes) is 1. The topological polar surface area (TPSA) is 20.2 Å². The van der Waals surface area contributed by atoms with Crippen LogP contribution in [-0.2, 0) is 0 Å². The largest absolute Gasteiger partial charge is 0.388 e. The summed E-state index contributed by atoms with van der Waals surface area (Å²) in [5, 5.41) is 10.3. The second-order valence-electron chi connectivity index (χ2n) is 10.5. The first-order valence-electron chi connectivity index (χ1n) is 13.2. The molecule has 4 unspecified atom stereocenters. The fraction of sp³-hybridized carbons (Fsp3) is 0.793. The number of hydrogen-bond donors (Lipinski definition) is 1. The van der Waals surface area contributed by atoms with Gasteiger partial charge in [-0.15, -0.1) is 0 Å². The van der Waals surface area contributed by atoms with Crippen LogP contribution in [0.5, 0.6) is 0 Å². The molecule has 3 aliphatic carbocycles. The highest BCUT2D eigenvalue weighted by Gasteiger charge is 2.48.